The molecule has 120 valence electrons. The third kappa shape index (κ3) is 6.44. The number of hydrogen-bond acceptors (Lipinski definition) is 4. The molecule has 0 N–H and O–H groups in total. The first-order valence-corrected chi connectivity index (χ1v) is 7.66. The second-order valence-electron chi connectivity index (χ2n) is 5.93. The van der Waals surface area contributed by atoms with Crippen LogP contribution >= 0.6 is 0 Å². The van der Waals surface area contributed by atoms with Crippen LogP contribution in [0.4, 0.5) is 0 Å². The number of carbonyl (C=O) groups excluding carboxylic acids is 1. The van der Waals surface area contributed by atoms with Crippen LogP contribution in [-0.2, 0) is 19.0 Å². The van der Waals surface area contributed by atoms with Crippen molar-refractivity contribution >= 4 is 5.97 Å². The molecule has 4 heteroatoms. The highest BCUT2D eigenvalue weighted by molar-refractivity contribution is 5.69. The van der Waals surface area contributed by atoms with Gasteiger partial charge >= 0.3 is 5.97 Å². The van der Waals surface area contributed by atoms with E-state index in [1.807, 2.05) is 26.8 Å². The van der Waals surface area contributed by atoms with Gasteiger partial charge in [0.15, 0.2) is 5.79 Å². The molecule has 1 fully saturated rings. The average molecular weight is 296 g/mol. The molecule has 0 aromatic carbocycles. The van der Waals surface area contributed by atoms with Gasteiger partial charge in [0.25, 0.3) is 0 Å². The van der Waals surface area contributed by atoms with E-state index in [1.54, 1.807) is 6.08 Å². The summed E-state index contributed by atoms with van der Waals surface area (Å²) in [6.45, 7) is 13.1. The maximum Gasteiger partial charge on any atom is 0.306 e. The number of hydrogen-bond donors (Lipinski definition) is 0. The second-order valence-corrected chi connectivity index (χ2v) is 5.93. The van der Waals surface area contributed by atoms with Crippen LogP contribution in [0.25, 0.3) is 0 Å². The standard InChI is InChI=1S/C17H28O4/c1-6-8-9-10-13(3)19-16(18)12-11-15-14(7-2)20-17(4,5)21-15/h6-7,13-15H,1-2,8-12H2,3-5H3/t13-,14+,15-/m1/s1. The minimum atomic E-state index is -0.620. The summed E-state index contributed by atoms with van der Waals surface area (Å²) in [5, 5.41) is 0. The topological polar surface area (TPSA) is 44.8 Å². The first-order chi connectivity index (χ1) is 9.88. The summed E-state index contributed by atoms with van der Waals surface area (Å²) in [6, 6.07) is 0. The lowest BCUT2D eigenvalue weighted by Gasteiger charge is -2.17. The van der Waals surface area contributed by atoms with E-state index in [0.717, 1.165) is 19.3 Å². The highest BCUT2D eigenvalue weighted by Crippen LogP contribution is 2.31. The summed E-state index contributed by atoms with van der Waals surface area (Å²) in [7, 11) is 0. The minimum Gasteiger partial charge on any atom is -0.463 e. The van der Waals surface area contributed by atoms with Crippen molar-refractivity contribution in [3.8, 4) is 0 Å². The summed E-state index contributed by atoms with van der Waals surface area (Å²) in [5.41, 5.74) is 0. The Bertz CT molecular complexity index is 362. The third-order valence-electron chi connectivity index (χ3n) is 3.44. The lowest BCUT2D eigenvalue weighted by molar-refractivity contribution is -0.153. The smallest absolute Gasteiger partial charge is 0.306 e. The van der Waals surface area contributed by atoms with Gasteiger partial charge in [0.05, 0.1) is 12.2 Å². The Balaban J connectivity index is 2.29. The quantitative estimate of drug-likeness (QED) is 0.369. The molecule has 0 saturated carbocycles. The first-order valence-electron chi connectivity index (χ1n) is 7.66. The van der Waals surface area contributed by atoms with Crippen molar-refractivity contribution in [1.82, 2.24) is 0 Å². The molecule has 1 aliphatic heterocycles. The molecule has 0 radical (unpaired) electrons. The lowest BCUT2D eigenvalue weighted by Crippen LogP contribution is -2.23. The van der Waals surface area contributed by atoms with E-state index >= 15 is 0 Å². The molecular weight excluding hydrogens is 268 g/mol. The number of allylic oxidation sites excluding steroid dienone is 1. The van der Waals surface area contributed by atoms with Crippen LogP contribution < -0.4 is 0 Å². The van der Waals surface area contributed by atoms with Crippen LogP contribution in [-0.4, -0.2) is 30.1 Å². The fourth-order valence-corrected chi connectivity index (χ4v) is 2.44. The maximum absolute atomic E-state index is 11.8. The largest absolute Gasteiger partial charge is 0.463 e. The fraction of sp³-hybridized carbons (Fsp3) is 0.706. The van der Waals surface area contributed by atoms with Gasteiger partial charge in [-0.2, -0.15) is 0 Å². The predicted molar refractivity (Wildman–Crippen MR) is 82.9 cm³/mol. The van der Waals surface area contributed by atoms with Crippen LogP contribution in [0.2, 0.25) is 0 Å². The molecule has 0 aromatic heterocycles. The van der Waals surface area contributed by atoms with Crippen molar-refractivity contribution in [2.45, 2.75) is 77.0 Å². The number of esters is 1. The molecule has 4 nitrogen and oxygen atoms in total. The summed E-state index contributed by atoms with van der Waals surface area (Å²) < 4.78 is 16.8. The molecule has 0 bridgehead atoms. The average Bonchev–Trinajstić information content (AvgIpc) is 2.71. The molecule has 0 amide bonds. The fourth-order valence-electron chi connectivity index (χ4n) is 2.44. The molecule has 1 aliphatic rings. The zero-order chi connectivity index (χ0) is 15.9. The van der Waals surface area contributed by atoms with Crippen LogP contribution in [0.15, 0.2) is 25.3 Å². The summed E-state index contributed by atoms with van der Waals surface area (Å²) in [5.74, 6) is -0.803. The molecule has 1 saturated heterocycles. The van der Waals surface area contributed by atoms with Gasteiger partial charge in [-0.3, -0.25) is 4.79 Å². The van der Waals surface area contributed by atoms with Crippen LogP contribution in [0, 0.1) is 0 Å². The number of unbranched alkanes of at least 4 members (excludes halogenated alkanes) is 1. The van der Waals surface area contributed by atoms with Gasteiger partial charge in [-0.15, -0.1) is 13.2 Å². The number of carbonyl (C=O) groups is 1. The van der Waals surface area contributed by atoms with Gasteiger partial charge in [-0.25, -0.2) is 0 Å². The van der Waals surface area contributed by atoms with Gasteiger partial charge in [-0.1, -0.05) is 12.2 Å². The number of rotatable bonds is 9. The van der Waals surface area contributed by atoms with Crippen molar-refractivity contribution in [2.24, 2.45) is 0 Å². The van der Waals surface area contributed by atoms with Gasteiger partial charge < -0.3 is 14.2 Å². The lowest BCUT2D eigenvalue weighted by atomic mass is 10.1. The van der Waals surface area contributed by atoms with E-state index in [2.05, 4.69) is 13.2 Å². The maximum atomic E-state index is 11.8. The molecule has 1 heterocycles. The molecule has 0 aromatic rings. The Kier molecular flexibility index (Phi) is 7.12. The van der Waals surface area contributed by atoms with Gasteiger partial charge in [0, 0.05) is 6.42 Å². The molecule has 3 atom stereocenters. The summed E-state index contributed by atoms with van der Waals surface area (Å²) in [6.07, 6.45) is 6.96. The third-order valence-corrected chi connectivity index (χ3v) is 3.44. The number of ether oxygens (including phenoxy) is 3. The summed E-state index contributed by atoms with van der Waals surface area (Å²) >= 11 is 0. The second kappa shape index (κ2) is 8.35. The van der Waals surface area contributed by atoms with Crippen molar-refractivity contribution in [2.75, 3.05) is 0 Å². The van der Waals surface area contributed by atoms with E-state index in [4.69, 9.17) is 14.2 Å². The van der Waals surface area contributed by atoms with Crippen molar-refractivity contribution < 1.29 is 19.0 Å². The minimum absolute atomic E-state index is 0.0511. The SMILES string of the molecule is C=CCCC[C@@H](C)OC(=O)CC[C@H]1OC(C)(C)O[C@H]1C=C. The van der Waals surface area contributed by atoms with Gasteiger partial charge in [0.2, 0.25) is 0 Å². The molecule has 21 heavy (non-hydrogen) atoms. The zero-order valence-corrected chi connectivity index (χ0v) is 13.5. The molecule has 0 unspecified atom stereocenters. The highest BCUT2D eigenvalue weighted by atomic mass is 16.7. The van der Waals surface area contributed by atoms with Crippen molar-refractivity contribution in [1.29, 1.82) is 0 Å². The zero-order valence-electron chi connectivity index (χ0n) is 13.5. The predicted octanol–water partition coefficient (Wildman–Crippen LogP) is 3.76. The normalized spacial score (nSPS) is 25.3. The van der Waals surface area contributed by atoms with E-state index in [9.17, 15) is 4.79 Å². The summed E-state index contributed by atoms with van der Waals surface area (Å²) in [4.78, 5) is 11.8. The molecule has 0 aliphatic carbocycles. The molecule has 1 rings (SSSR count). The Hall–Kier alpha value is -1.13. The van der Waals surface area contributed by atoms with E-state index in [0.29, 0.717) is 12.8 Å². The van der Waals surface area contributed by atoms with Gasteiger partial charge in [-0.05, 0) is 46.5 Å². The van der Waals surface area contributed by atoms with Gasteiger partial charge in [0.1, 0.15) is 6.10 Å². The van der Waals surface area contributed by atoms with Crippen molar-refractivity contribution in [3.63, 3.8) is 0 Å². The Labute approximate surface area is 128 Å². The molecule has 0 spiro atoms. The van der Waals surface area contributed by atoms with E-state index < -0.39 is 5.79 Å². The highest BCUT2D eigenvalue weighted by Gasteiger charge is 2.39. The monoisotopic (exact) mass is 296 g/mol. The Morgan fingerprint density at radius 3 is 2.71 bits per heavy atom. The first kappa shape index (κ1) is 17.9. The van der Waals surface area contributed by atoms with Crippen LogP contribution in [0.3, 0.4) is 0 Å². The Morgan fingerprint density at radius 1 is 1.38 bits per heavy atom. The Morgan fingerprint density at radius 2 is 2.10 bits per heavy atom. The molecular formula is C17H28O4. The van der Waals surface area contributed by atoms with E-state index in [-0.39, 0.29) is 24.3 Å². The van der Waals surface area contributed by atoms with Crippen LogP contribution in [0.5, 0.6) is 0 Å². The van der Waals surface area contributed by atoms with Crippen LogP contribution in [0.1, 0.15) is 52.9 Å². The van der Waals surface area contributed by atoms with E-state index in [1.165, 1.54) is 0 Å². The van der Waals surface area contributed by atoms with Crippen molar-refractivity contribution in [3.05, 3.63) is 25.3 Å².